The maximum Gasteiger partial charge on any atom is 0.263 e. The van der Waals surface area contributed by atoms with Gasteiger partial charge in [0.2, 0.25) is 0 Å². The third-order valence-corrected chi connectivity index (χ3v) is 8.14. The van der Waals surface area contributed by atoms with Crippen molar-refractivity contribution < 1.29 is 17.9 Å². The standard InChI is InChI=1S/C27H34N4O4S/c1-3-4-6-22-7-5-8-25(26(22)28)36(33,34)29-24-11-9-23(10-12-24)27(32)31-15-14-30(17-20(31)2)18-21-13-16-35-19-21/h3-12,20-21,29H,1,13-19,28H2,2H3/b6-4-/t20-,21?/m1/s1. The number of ether oxygens (including phenoxy) is 1. The summed E-state index contributed by atoms with van der Waals surface area (Å²) in [6.07, 6.45) is 6.09. The Morgan fingerprint density at radius 1 is 1.22 bits per heavy atom. The first-order valence-electron chi connectivity index (χ1n) is 12.2. The molecule has 0 aliphatic carbocycles. The molecule has 1 unspecified atom stereocenters. The van der Waals surface area contributed by atoms with Gasteiger partial charge in [-0.2, -0.15) is 0 Å². The van der Waals surface area contributed by atoms with Crippen molar-refractivity contribution in [1.82, 2.24) is 9.80 Å². The van der Waals surface area contributed by atoms with Gasteiger partial charge >= 0.3 is 0 Å². The predicted octanol–water partition coefficient (Wildman–Crippen LogP) is 3.45. The molecule has 2 aromatic rings. The SMILES string of the molecule is C=C/C=C\c1cccc(S(=O)(=O)Nc2ccc(C(=O)N3CCN(CC4CCOC4)C[C@H]3C)cc2)c1N. The fraction of sp³-hybridized carbons (Fsp3) is 0.370. The third kappa shape index (κ3) is 5.98. The average Bonchev–Trinajstić information content (AvgIpc) is 3.36. The minimum Gasteiger partial charge on any atom is -0.397 e. The van der Waals surface area contributed by atoms with E-state index < -0.39 is 10.0 Å². The molecule has 192 valence electrons. The molecule has 0 spiro atoms. The van der Waals surface area contributed by atoms with E-state index in [0.29, 0.717) is 29.3 Å². The normalized spacial score (nSPS) is 21.1. The molecule has 0 aromatic heterocycles. The number of carbonyl (C=O) groups excluding carboxylic acids is 1. The molecule has 4 rings (SSSR count). The zero-order chi connectivity index (χ0) is 25.7. The molecule has 9 heteroatoms. The van der Waals surface area contributed by atoms with Crippen LogP contribution in [0.4, 0.5) is 11.4 Å². The van der Waals surface area contributed by atoms with Gasteiger partial charge in [0, 0.05) is 50.1 Å². The lowest BCUT2D eigenvalue weighted by atomic mass is 10.1. The lowest BCUT2D eigenvalue weighted by Gasteiger charge is -2.40. The molecule has 2 saturated heterocycles. The number of sulfonamides is 1. The number of benzene rings is 2. The Labute approximate surface area is 213 Å². The second-order valence-electron chi connectivity index (χ2n) is 9.37. The van der Waals surface area contributed by atoms with Crippen molar-refractivity contribution in [3.8, 4) is 0 Å². The van der Waals surface area contributed by atoms with Crippen molar-refractivity contribution in [2.75, 3.05) is 49.8 Å². The van der Waals surface area contributed by atoms with E-state index in [4.69, 9.17) is 10.5 Å². The van der Waals surface area contributed by atoms with E-state index in [1.54, 1.807) is 54.6 Å². The molecule has 0 bridgehead atoms. The van der Waals surface area contributed by atoms with E-state index in [-0.39, 0.29) is 22.5 Å². The quantitative estimate of drug-likeness (QED) is 0.416. The van der Waals surface area contributed by atoms with Gasteiger partial charge in [0.05, 0.1) is 12.3 Å². The van der Waals surface area contributed by atoms with E-state index in [2.05, 4.69) is 23.1 Å². The van der Waals surface area contributed by atoms with Gasteiger partial charge in [0.25, 0.3) is 15.9 Å². The van der Waals surface area contributed by atoms with Crippen molar-refractivity contribution in [3.63, 3.8) is 0 Å². The van der Waals surface area contributed by atoms with Gasteiger partial charge in [0.15, 0.2) is 0 Å². The molecule has 36 heavy (non-hydrogen) atoms. The second-order valence-corrected chi connectivity index (χ2v) is 11.0. The number of piperazine rings is 1. The average molecular weight is 511 g/mol. The molecule has 1 amide bonds. The van der Waals surface area contributed by atoms with Crippen LogP contribution < -0.4 is 10.5 Å². The highest BCUT2D eigenvalue weighted by Gasteiger charge is 2.30. The van der Waals surface area contributed by atoms with Crippen molar-refractivity contribution in [2.24, 2.45) is 5.92 Å². The number of hydrogen-bond acceptors (Lipinski definition) is 6. The molecule has 2 fully saturated rings. The summed E-state index contributed by atoms with van der Waals surface area (Å²) in [7, 11) is -3.91. The minimum absolute atomic E-state index is 0.00951. The van der Waals surface area contributed by atoms with Gasteiger partial charge in [-0.1, -0.05) is 36.9 Å². The van der Waals surface area contributed by atoms with Gasteiger partial charge in [-0.15, -0.1) is 0 Å². The summed E-state index contributed by atoms with van der Waals surface area (Å²) in [5.74, 6) is 0.531. The van der Waals surface area contributed by atoms with Gasteiger partial charge < -0.3 is 15.4 Å². The molecule has 2 heterocycles. The number of anilines is 2. The van der Waals surface area contributed by atoms with E-state index in [1.807, 2.05) is 4.90 Å². The Bertz CT molecular complexity index is 1220. The fourth-order valence-electron chi connectivity index (χ4n) is 4.76. The van der Waals surface area contributed by atoms with Crippen LogP contribution in [-0.4, -0.2) is 69.6 Å². The largest absolute Gasteiger partial charge is 0.397 e. The topological polar surface area (TPSA) is 105 Å². The van der Waals surface area contributed by atoms with Crippen LogP contribution in [0.25, 0.3) is 6.08 Å². The lowest BCUT2D eigenvalue weighted by molar-refractivity contribution is 0.0452. The highest BCUT2D eigenvalue weighted by molar-refractivity contribution is 7.92. The minimum atomic E-state index is -3.91. The smallest absolute Gasteiger partial charge is 0.263 e. The highest BCUT2D eigenvalue weighted by atomic mass is 32.2. The van der Waals surface area contributed by atoms with Crippen LogP contribution in [0.2, 0.25) is 0 Å². The summed E-state index contributed by atoms with van der Waals surface area (Å²) in [5, 5.41) is 0. The van der Waals surface area contributed by atoms with Gasteiger partial charge in [-0.3, -0.25) is 14.4 Å². The summed E-state index contributed by atoms with van der Waals surface area (Å²) in [6, 6.07) is 11.4. The Kier molecular flexibility index (Phi) is 8.13. The van der Waals surface area contributed by atoms with Crippen LogP contribution >= 0.6 is 0 Å². The molecule has 0 saturated carbocycles. The van der Waals surface area contributed by atoms with Crippen LogP contribution in [0.1, 0.15) is 29.3 Å². The lowest BCUT2D eigenvalue weighted by Crippen LogP contribution is -2.54. The number of allylic oxidation sites excluding steroid dienone is 2. The number of nitrogens with two attached hydrogens (primary N) is 1. The summed E-state index contributed by atoms with van der Waals surface area (Å²) < 4.78 is 34.0. The molecule has 2 aliphatic heterocycles. The van der Waals surface area contributed by atoms with Crippen molar-refractivity contribution in [3.05, 3.63) is 72.3 Å². The molecular formula is C27H34N4O4S. The van der Waals surface area contributed by atoms with Crippen LogP contribution in [-0.2, 0) is 14.8 Å². The Balaban J connectivity index is 1.40. The van der Waals surface area contributed by atoms with Crippen LogP contribution in [0.3, 0.4) is 0 Å². The first-order valence-corrected chi connectivity index (χ1v) is 13.7. The molecule has 2 aliphatic rings. The molecular weight excluding hydrogens is 476 g/mol. The summed E-state index contributed by atoms with van der Waals surface area (Å²) in [5.41, 5.74) is 7.74. The zero-order valence-electron chi connectivity index (χ0n) is 20.6. The molecule has 8 nitrogen and oxygen atoms in total. The maximum absolute atomic E-state index is 13.2. The molecule has 2 aromatic carbocycles. The van der Waals surface area contributed by atoms with Gasteiger partial charge in [0.1, 0.15) is 4.90 Å². The number of nitrogens with zero attached hydrogens (tertiary/aromatic N) is 2. The summed E-state index contributed by atoms with van der Waals surface area (Å²) in [4.78, 5) is 17.5. The number of hydrogen-bond donors (Lipinski definition) is 2. The zero-order valence-corrected chi connectivity index (χ0v) is 21.4. The number of nitrogens with one attached hydrogen (secondary N) is 1. The Hall–Kier alpha value is -3.14. The maximum atomic E-state index is 13.2. The number of rotatable bonds is 8. The number of carbonyl (C=O) groups is 1. The number of amides is 1. The van der Waals surface area contributed by atoms with E-state index in [9.17, 15) is 13.2 Å². The first kappa shape index (κ1) is 25.9. The Morgan fingerprint density at radius 2 is 2.00 bits per heavy atom. The van der Waals surface area contributed by atoms with E-state index in [0.717, 1.165) is 39.3 Å². The second kappa shape index (κ2) is 11.3. The van der Waals surface area contributed by atoms with Crippen LogP contribution in [0, 0.1) is 5.92 Å². The molecule has 2 atom stereocenters. The van der Waals surface area contributed by atoms with E-state index in [1.165, 1.54) is 6.07 Å². The fourth-order valence-corrected chi connectivity index (χ4v) is 5.98. The first-order chi connectivity index (χ1) is 17.3. The highest BCUT2D eigenvalue weighted by Crippen LogP contribution is 2.26. The number of nitrogen functional groups attached to an aromatic ring is 1. The Morgan fingerprint density at radius 3 is 2.67 bits per heavy atom. The van der Waals surface area contributed by atoms with Crippen LogP contribution in [0.5, 0.6) is 0 Å². The monoisotopic (exact) mass is 510 g/mol. The van der Waals surface area contributed by atoms with Crippen molar-refractivity contribution in [1.29, 1.82) is 0 Å². The number of para-hydroxylation sites is 1. The predicted molar refractivity (Wildman–Crippen MR) is 143 cm³/mol. The van der Waals surface area contributed by atoms with E-state index >= 15 is 0 Å². The molecule has 0 radical (unpaired) electrons. The molecule has 3 N–H and O–H groups in total. The van der Waals surface area contributed by atoms with Gasteiger partial charge in [-0.05, 0) is 55.2 Å². The third-order valence-electron chi connectivity index (χ3n) is 6.70. The van der Waals surface area contributed by atoms with Gasteiger partial charge in [-0.25, -0.2) is 8.42 Å². The van der Waals surface area contributed by atoms with Crippen LogP contribution in [0.15, 0.2) is 66.1 Å². The summed E-state index contributed by atoms with van der Waals surface area (Å²) >= 11 is 0. The van der Waals surface area contributed by atoms with Crippen molar-refractivity contribution >= 4 is 33.4 Å². The van der Waals surface area contributed by atoms with Crippen molar-refractivity contribution in [2.45, 2.75) is 24.3 Å². The summed E-state index contributed by atoms with van der Waals surface area (Å²) in [6.45, 7) is 10.7.